The second kappa shape index (κ2) is 4.03. The molecular formula is C11H9ClN2O2. The molecule has 1 heterocycles. The maximum absolute atomic E-state index is 11.5. The van der Waals surface area contributed by atoms with Crippen LogP contribution in [0.1, 0.15) is 6.92 Å². The number of hydrogen-bond donors (Lipinski definition) is 0. The third-order valence-corrected chi connectivity index (χ3v) is 2.54. The Morgan fingerprint density at radius 3 is 3.06 bits per heavy atom. The molecule has 1 aromatic carbocycles. The molecule has 5 heteroatoms. The molecule has 0 aliphatic heterocycles. The number of oxazole rings is 1. The maximum Gasteiger partial charge on any atom is 0.419 e. The average molecular weight is 237 g/mol. The van der Waals surface area contributed by atoms with Crippen molar-refractivity contribution in [1.29, 1.82) is 5.26 Å². The van der Waals surface area contributed by atoms with Crippen LogP contribution in [0.3, 0.4) is 0 Å². The Hall–Kier alpha value is -1.73. The summed E-state index contributed by atoms with van der Waals surface area (Å²) in [6.45, 7) is 2.05. The van der Waals surface area contributed by atoms with Gasteiger partial charge >= 0.3 is 5.76 Å². The Labute approximate surface area is 96.7 Å². The van der Waals surface area contributed by atoms with Crippen molar-refractivity contribution in [3.05, 3.63) is 33.8 Å². The third-order valence-electron chi connectivity index (χ3n) is 2.31. The van der Waals surface area contributed by atoms with E-state index in [1.807, 2.05) is 0 Å². The molecule has 0 aliphatic carbocycles. The number of hydrogen-bond acceptors (Lipinski definition) is 3. The molecule has 16 heavy (non-hydrogen) atoms. The first kappa shape index (κ1) is 10.8. The minimum atomic E-state index is -0.459. The normalized spacial score (nSPS) is 12.6. The topological polar surface area (TPSA) is 58.9 Å². The lowest BCUT2D eigenvalue weighted by Crippen LogP contribution is -2.17. The fourth-order valence-corrected chi connectivity index (χ4v) is 1.69. The summed E-state index contributed by atoms with van der Waals surface area (Å²) in [5.74, 6) is -0.711. The Morgan fingerprint density at radius 1 is 1.62 bits per heavy atom. The summed E-state index contributed by atoms with van der Waals surface area (Å²) in [6.07, 6.45) is 0. The van der Waals surface area contributed by atoms with Gasteiger partial charge in [-0.2, -0.15) is 5.26 Å². The van der Waals surface area contributed by atoms with Crippen LogP contribution in [-0.2, 0) is 6.54 Å². The van der Waals surface area contributed by atoms with Crippen molar-refractivity contribution in [3.8, 4) is 6.07 Å². The van der Waals surface area contributed by atoms with Crippen molar-refractivity contribution in [2.75, 3.05) is 0 Å². The van der Waals surface area contributed by atoms with Crippen molar-refractivity contribution < 1.29 is 4.42 Å². The van der Waals surface area contributed by atoms with Gasteiger partial charge in [-0.1, -0.05) is 11.6 Å². The monoisotopic (exact) mass is 236 g/mol. The molecule has 0 saturated heterocycles. The summed E-state index contributed by atoms with van der Waals surface area (Å²) in [7, 11) is 0. The minimum absolute atomic E-state index is 0.252. The number of aromatic nitrogens is 1. The first-order valence-electron chi connectivity index (χ1n) is 4.80. The predicted molar refractivity (Wildman–Crippen MR) is 60.3 cm³/mol. The lowest BCUT2D eigenvalue weighted by molar-refractivity contribution is 0.480. The van der Waals surface area contributed by atoms with Crippen molar-refractivity contribution in [3.63, 3.8) is 0 Å². The van der Waals surface area contributed by atoms with Gasteiger partial charge in [-0.3, -0.25) is 4.57 Å². The number of rotatable bonds is 2. The van der Waals surface area contributed by atoms with E-state index in [0.717, 1.165) is 0 Å². The highest BCUT2D eigenvalue weighted by atomic mass is 35.5. The van der Waals surface area contributed by atoms with Gasteiger partial charge in [0.2, 0.25) is 0 Å². The molecule has 0 spiro atoms. The van der Waals surface area contributed by atoms with Crippen LogP contribution in [0.4, 0.5) is 0 Å². The summed E-state index contributed by atoms with van der Waals surface area (Å²) in [5, 5.41) is 9.26. The largest absolute Gasteiger partial charge is 0.419 e. The van der Waals surface area contributed by atoms with Gasteiger partial charge < -0.3 is 4.42 Å². The highest BCUT2D eigenvalue weighted by Gasteiger charge is 2.11. The van der Waals surface area contributed by atoms with Gasteiger partial charge in [0.1, 0.15) is 0 Å². The summed E-state index contributed by atoms with van der Waals surface area (Å²) >= 11 is 5.85. The second-order valence-electron chi connectivity index (χ2n) is 3.62. The number of benzene rings is 1. The molecule has 0 aliphatic rings. The van der Waals surface area contributed by atoms with Gasteiger partial charge in [-0.25, -0.2) is 4.79 Å². The van der Waals surface area contributed by atoms with Crippen LogP contribution < -0.4 is 5.76 Å². The minimum Gasteiger partial charge on any atom is -0.408 e. The fourth-order valence-electron chi connectivity index (χ4n) is 1.52. The van der Waals surface area contributed by atoms with Gasteiger partial charge in [-0.05, 0) is 25.1 Å². The highest BCUT2D eigenvalue weighted by molar-refractivity contribution is 6.31. The molecular weight excluding hydrogens is 228 g/mol. The smallest absolute Gasteiger partial charge is 0.408 e. The Bertz CT molecular complexity index is 621. The third kappa shape index (κ3) is 1.82. The number of nitrogens with zero attached hydrogens (tertiary/aromatic N) is 2. The number of fused-ring (bicyclic) bond motifs is 1. The standard InChI is InChI=1S/C11H9ClN2O2/c1-7(5-13)6-14-9-4-8(12)2-3-10(9)16-11(14)15/h2-4,7H,6H2,1H3. The van der Waals surface area contributed by atoms with E-state index in [0.29, 0.717) is 22.7 Å². The molecule has 82 valence electrons. The van der Waals surface area contributed by atoms with Crippen molar-refractivity contribution >= 4 is 22.7 Å². The zero-order valence-electron chi connectivity index (χ0n) is 8.61. The Morgan fingerprint density at radius 2 is 2.38 bits per heavy atom. The average Bonchev–Trinajstić information content (AvgIpc) is 2.55. The molecule has 0 radical (unpaired) electrons. The van der Waals surface area contributed by atoms with Gasteiger partial charge in [-0.15, -0.1) is 0 Å². The summed E-state index contributed by atoms with van der Waals surface area (Å²) in [5.41, 5.74) is 1.11. The molecule has 0 N–H and O–H groups in total. The molecule has 1 atom stereocenters. The van der Waals surface area contributed by atoms with Gasteiger partial charge in [0.15, 0.2) is 5.58 Å². The molecule has 0 fully saturated rings. The highest BCUT2D eigenvalue weighted by Crippen LogP contribution is 2.19. The Balaban J connectivity index is 2.59. The van der Waals surface area contributed by atoms with Crippen molar-refractivity contribution in [2.45, 2.75) is 13.5 Å². The number of halogens is 1. The van der Waals surface area contributed by atoms with E-state index < -0.39 is 5.76 Å². The van der Waals surface area contributed by atoms with Gasteiger partial charge in [0, 0.05) is 11.6 Å². The van der Waals surface area contributed by atoms with Crippen LogP contribution in [0, 0.1) is 17.2 Å². The van der Waals surface area contributed by atoms with E-state index >= 15 is 0 Å². The first-order valence-corrected chi connectivity index (χ1v) is 5.18. The quantitative estimate of drug-likeness (QED) is 0.805. The van der Waals surface area contributed by atoms with Crippen LogP contribution in [0.15, 0.2) is 27.4 Å². The van der Waals surface area contributed by atoms with Gasteiger partial charge in [0.25, 0.3) is 0 Å². The zero-order valence-corrected chi connectivity index (χ0v) is 9.36. The Kier molecular flexibility index (Phi) is 2.71. The molecule has 2 rings (SSSR count). The lowest BCUT2D eigenvalue weighted by Gasteiger charge is -2.02. The molecule has 0 saturated carbocycles. The fraction of sp³-hybridized carbons (Fsp3) is 0.273. The first-order chi connectivity index (χ1) is 7.61. The summed E-state index contributed by atoms with van der Waals surface area (Å²) in [4.78, 5) is 11.5. The van der Waals surface area contributed by atoms with E-state index in [1.54, 1.807) is 25.1 Å². The lowest BCUT2D eigenvalue weighted by atomic mass is 10.2. The van der Waals surface area contributed by atoms with E-state index in [4.69, 9.17) is 21.3 Å². The van der Waals surface area contributed by atoms with Crippen LogP contribution in [0.5, 0.6) is 0 Å². The number of nitriles is 1. The second-order valence-corrected chi connectivity index (χ2v) is 4.06. The van der Waals surface area contributed by atoms with E-state index in [1.165, 1.54) is 4.57 Å². The molecule has 0 bridgehead atoms. The predicted octanol–water partition coefficient (Wildman–Crippen LogP) is 2.41. The summed E-state index contributed by atoms with van der Waals surface area (Å²) in [6, 6.07) is 7.04. The van der Waals surface area contributed by atoms with Crippen LogP contribution in [0.2, 0.25) is 5.02 Å². The zero-order chi connectivity index (χ0) is 11.7. The van der Waals surface area contributed by atoms with Crippen LogP contribution in [0.25, 0.3) is 11.1 Å². The molecule has 1 unspecified atom stereocenters. The van der Waals surface area contributed by atoms with Crippen molar-refractivity contribution in [2.24, 2.45) is 5.92 Å². The SMILES string of the molecule is CC(C#N)Cn1c(=O)oc2ccc(Cl)cc21. The van der Waals surface area contributed by atoms with Crippen LogP contribution >= 0.6 is 11.6 Å². The van der Waals surface area contributed by atoms with Gasteiger partial charge in [0.05, 0.1) is 17.5 Å². The molecule has 4 nitrogen and oxygen atoms in total. The molecule has 1 aromatic heterocycles. The van der Waals surface area contributed by atoms with Crippen molar-refractivity contribution in [1.82, 2.24) is 4.57 Å². The van der Waals surface area contributed by atoms with E-state index in [2.05, 4.69) is 6.07 Å². The van der Waals surface area contributed by atoms with E-state index in [-0.39, 0.29) is 5.92 Å². The molecule has 2 aromatic rings. The van der Waals surface area contributed by atoms with Crippen LogP contribution in [-0.4, -0.2) is 4.57 Å². The maximum atomic E-state index is 11.5. The molecule has 0 amide bonds. The van der Waals surface area contributed by atoms with E-state index in [9.17, 15) is 4.79 Å². The summed E-state index contributed by atoms with van der Waals surface area (Å²) < 4.78 is 6.46.